The summed E-state index contributed by atoms with van der Waals surface area (Å²) in [6.45, 7) is 0.169. The zero-order chi connectivity index (χ0) is 14.8. The van der Waals surface area contributed by atoms with Gasteiger partial charge in [-0.3, -0.25) is 9.59 Å². The van der Waals surface area contributed by atoms with Crippen molar-refractivity contribution in [3.63, 3.8) is 0 Å². The fraction of sp³-hybridized carbons (Fsp3) is 0.429. The first-order chi connectivity index (χ1) is 9.58. The Balaban J connectivity index is 2.57. The Labute approximate surface area is 116 Å². The summed E-state index contributed by atoms with van der Waals surface area (Å²) in [5.74, 6) is -1.70. The molecule has 1 heterocycles. The lowest BCUT2D eigenvalue weighted by Gasteiger charge is -2.02. The predicted octanol–water partition coefficient (Wildman–Crippen LogP) is 0.897. The molecule has 0 radical (unpaired) electrons. The van der Waals surface area contributed by atoms with Gasteiger partial charge in [-0.15, -0.1) is 0 Å². The Hall–Kier alpha value is -2.24. The van der Waals surface area contributed by atoms with Gasteiger partial charge in [0.05, 0.1) is 13.2 Å². The van der Waals surface area contributed by atoms with Gasteiger partial charge in [-0.2, -0.15) is 0 Å². The first-order valence-corrected chi connectivity index (χ1v) is 6.33. The Morgan fingerprint density at radius 1 is 0.650 bits per heavy atom. The smallest absolute Gasteiger partial charge is 0.330 e. The first kappa shape index (κ1) is 15.8. The van der Waals surface area contributed by atoms with Crippen LogP contribution in [0.4, 0.5) is 0 Å². The van der Waals surface area contributed by atoms with Gasteiger partial charge in [0.1, 0.15) is 0 Å². The SMILES string of the molecule is O=C1C=CC(=O)OCCCC(=O)C=CC(=O)OCCC1. The summed E-state index contributed by atoms with van der Waals surface area (Å²) in [5.41, 5.74) is 0. The van der Waals surface area contributed by atoms with E-state index in [2.05, 4.69) is 0 Å². The molecular formula is C14H16O6. The molecule has 0 aromatic carbocycles. The number of ether oxygens (including phenoxy) is 2. The molecule has 0 atom stereocenters. The van der Waals surface area contributed by atoms with E-state index in [4.69, 9.17) is 9.47 Å². The molecule has 0 bridgehead atoms. The maximum absolute atomic E-state index is 11.4. The van der Waals surface area contributed by atoms with Crippen LogP contribution < -0.4 is 0 Å². The molecule has 0 N–H and O–H groups in total. The Morgan fingerprint density at radius 3 is 1.45 bits per heavy atom. The Morgan fingerprint density at radius 2 is 1.05 bits per heavy atom. The molecular weight excluding hydrogens is 264 g/mol. The van der Waals surface area contributed by atoms with E-state index in [-0.39, 0.29) is 37.6 Å². The number of cyclic esters (lactones) is 2. The van der Waals surface area contributed by atoms with Gasteiger partial charge >= 0.3 is 11.9 Å². The monoisotopic (exact) mass is 280 g/mol. The van der Waals surface area contributed by atoms with Crippen LogP contribution in [0.3, 0.4) is 0 Å². The minimum absolute atomic E-state index is 0.0847. The molecule has 0 aromatic rings. The van der Waals surface area contributed by atoms with Crippen LogP contribution in [-0.2, 0) is 28.7 Å². The molecule has 20 heavy (non-hydrogen) atoms. The molecule has 0 aromatic heterocycles. The van der Waals surface area contributed by atoms with Gasteiger partial charge in [0.15, 0.2) is 11.6 Å². The third kappa shape index (κ3) is 7.25. The molecule has 0 spiro atoms. The summed E-state index contributed by atoms with van der Waals surface area (Å²) in [7, 11) is 0. The van der Waals surface area contributed by atoms with Crippen molar-refractivity contribution in [2.24, 2.45) is 0 Å². The molecule has 0 saturated carbocycles. The number of hydrogen-bond acceptors (Lipinski definition) is 6. The molecule has 0 fully saturated rings. The van der Waals surface area contributed by atoms with E-state index in [0.29, 0.717) is 12.8 Å². The molecule has 1 aliphatic rings. The van der Waals surface area contributed by atoms with Crippen LogP contribution in [0.2, 0.25) is 0 Å². The normalized spacial score (nSPS) is 19.6. The zero-order valence-corrected chi connectivity index (χ0v) is 11.0. The van der Waals surface area contributed by atoms with Crippen LogP contribution in [0, 0.1) is 0 Å². The number of ketones is 2. The summed E-state index contributed by atoms with van der Waals surface area (Å²) in [6.07, 6.45) is 5.43. The summed E-state index contributed by atoms with van der Waals surface area (Å²) in [5, 5.41) is 0. The van der Waals surface area contributed by atoms with Crippen molar-refractivity contribution >= 4 is 23.5 Å². The van der Waals surface area contributed by atoms with Crippen molar-refractivity contribution in [1.29, 1.82) is 0 Å². The van der Waals surface area contributed by atoms with Gasteiger partial charge in [-0.1, -0.05) is 0 Å². The second-order valence-corrected chi connectivity index (χ2v) is 4.14. The quantitative estimate of drug-likeness (QED) is 0.613. The Kier molecular flexibility index (Phi) is 6.95. The number of allylic oxidation sites excluding steroid dienone is 2. The molecule has 0 unspecified atom stereocenters. The van der Waals surface area contributed by atoms with Gasteiger partial charge < -0.3 is 9.47 Å². The van der Waals surface area contributed by atoms with Crippen molar-refractivity contribution in [2.75, 3.05) is 13.2 Å². The number of carbonyl (C=O) groups excluding carboxylic acids is 4. The van der Waals surface area contributed by atoms with E-state index in [1.54, 1.807) is 0 Å². The number of rotatable bonds is 0. The highest BCUT2D eigenvalue weighted by Gasteiger charge is 2.05. The van der Waals surface area contributed by atoms with Crippen molar-refractivity contribution in [3.05, 3.63) is 24.3 Å². The molecule has 1 aliphatic heterocycles. The van der Waals surface area contributed by atoms with E-state index in [0.717, 1.165) is 24.3 Å². The molecule has 1 rings (SSSR count). The van der Waals surface area contributed by atoms with Crippen LogP contribution in [0.25, 0.3) is 0 Å². The predicted molar refractivity (Wildman–Crippen MR) is 68.7 cm³/mol. The lowest BCUT2D eigenvalue weighted by atomic mass is 10.2. The van der Waals surface area contributed by atoms with Crippen molar-refractivity contribution in [3.8, 4) is 0 Å². The molecule has 6 heteroatoms. The van der Waals surface area contributed by atoms with Gasteiger partial charge in [0.2, 0.25) is 0 Å². The lowest BCUT2D eigenvalue weighted by Crippen LogP contribution is -2.08. The number of esters is 2. The summed E-state index contributed by atoms with van der Waals surface area (Å²) in [6, 6.07) is 0. The van der Waals surface area contributed by atoms with E-state index < -0.39 is 11.9 Å². The van der Waals surface area contributed by atoms with Crippen LogP contribution in [0.1, 0.15) is 25.7 Å². The second kappa shape index (κ2) is 8.79. The van der Waals surface area contributed by atoms with E-state index in [9.17, 15) is 19.2 Å². The van der Waals surface area contributed by atoms with Crippen LogP contribution in [-0.4, -0.2) is 36.7 Å². The highest BCUT2D eigenvalue weighted by Crippen LogP contribution is 1.99. The maximum atomic E-state index is 11.4. The van der Waals surface area contributed by atoms with Crippen molar-refractivity contribution in [1.82, 2.24) is 0 Å². The van der Waals surface area contributed by atoms with Crippen molar-refractivity contribution in [2.45, 2.75) is 25.7 Å². The molecule has 0 amide bonds. The molecule has 0 aliphatic carbocycles. The molecule has 108 valence electrons. The largest absolute Gasteiger partial charge is 0.463 e. The summed E-state index contributed by atoms with van der Waals surface area (Å²) < 4.78 is 9.63. The summed E-state index contributed by atoms with van der Waals surface area (Å²) >= 11 is 0. The fourth-order valence-electron chi connectivity index (χ4n) is 1.42. The van der Waals surface area contributed by atoms with Crippen LogP contribution in [0.15, 0.2) is 24.3 Å². The minimum atomic E-state index is -0.611. The van der Waals surface area contributed by atoms with Crippen LogP contribution >= 0.6 is 0 Å². The zero-order valence-electron chi connectivity index (χ0n) is 11.0. The summed E-state index contributed by atoms with van der Waals surface area (Å²) in [4.78, 5) is 45.1. The van der Waals surface area contributed by atoms with Crippen LogP contribution in [0.5, 0.6) is 0 Å². The third-order valence-corrected chi connectivity index (χ3v) is 2.43. The van der Waals surface area contributed by atoms with E-state index >= 15 is 0 Å². The number of hydrogen-bond donors (Lipinski definition) is 0. The highest BCUT2D eigenvalue weighted by atomic mass is 16.5. The van der Waals surface area contributed by atoms with Crippen molar-refractivity contribution < 1.29 is 28.7 Å². The Bertz CT molecular complexity index is 365. The molecule has 0 saturated heterocycles. The lowest BCUT2D eigenvalue weighted by molar-refractivity contribution is -0.138. The van der Waals surface area contributed by atoms with E-state index in [1.165, 1.54) is 0 Å². The fourth-order valence-corrected chi connectivity index (χ4v) is 1.42. The number of carbonyl (C=O) groups is 4. The second-order valence-electron chi connectivity index (χ2n) is 4.14. The topological polar surface area (TPSA) is 86.7 Å². The average molecular weight is 280 g/mol. The van der Waals surface area contributed by atoms with Gasteiger partial charge in [-0.05, 0) is 25.0 Å². The third-order valence-electron chi connectivity index (χ3n) is 2.43. The highest BCUT2D eigenvalue weighted by molar-refractivity contribution is 5.96. The molecule has 6 nitrogen and oxygen atoms in total. The van der Waals surface area contributed by atoms with Gasteiger partial charge in [-0.25, -0.2) is 9.59 Å². The first-order valence-electron chi connectivity index (χ1n) is 6.33. The standard InChI is InChI=1S/C14H16O6/c15-11-3-1-9-19-13(17)8-6-12(16)4-2-10-20-14(18)7-5-11/h5-8H,1-4,9-10H2. The van der Waals surface area contributed by atoms with E-state index in [1.807, 2.05) is 0 Å². The minimum Gasteiger partial charge on any atom is -0.463 e. The van der Waals surface area contributed by atoms with Gasteiger partial charge in [0, 0.05) is 25.0 Å². The average Bonchev–Trinajstić information content (AvgIpc) is 2.42. The maximum Gasteiger partial charge on any atom is 0.330 e. The van der Waals surface area contributed by atoms with Gasteiger partial charge in [0.25, 0.3) is 0 Å².